The quantitative estimate of drug-likeness (QED) is 0.866. The van der Waals surface area contributed by atoms with Crippen LogP contribution in [0.3, 0.4) is 0 Å². The van der Waals surface area contributed by atoms with E-state index >= 15 is 0 Å². The van der Waals surface area contributed by atoms with Crippen molar-refractivity contribution in [1.82, 2.24) is 10.2 Å². The van der Waals surface area contributed by atoms with E-state index in [2.05, 4.69) is 41.4 Å². The number of piperidine rings is 1. The van der Waals surface area contributed by atoms with Crippen LogP contribution >= 0.6 is 0 Å². The second-order valence-electron chi connectivity index (χ2n) is 9.63. The molecule has 1 N–H and O–H groups in total. The molecule has 2 aliphatic heterocycles. The largest absolute Gasteiger partial charge is 0.444 e. The van der Waals surface area contributed by atoms with Gasteiger partial charge in [0.15, 0.2) is 0 Å². The summed E-state index contributed by atoms with van der Waals surface area (Å²) < 4.78 is 5.87. The Morgan fingerprint density at radius 3 is 2.69 bits per heavy atom. The molecule has 2 bridgehead atoms. The van der Waals surface area contributed by atoms with E-state index in [1.807, 2.05) is 26.8 Å². The number of benzene rings is 1. The van der Waals surface area contributed by atoms with Crippen molar-refractivity contribution in [2.24, 2.45) is 5.41 Å². The van der Waals surface area contributed by atoms with Crippen LogP contribution in [0.25, 0.3) is 0 Å². The van der Waals surface area contributed by atoms with Crippen molar-refractivity contribution in [1.29, 1.82) is 0 Å². The average Bonchev–Trinajstić information content (AvgIpc) is 2.90. The van der Waals surface area contributed by atoms with Gasteiger partial charge in [0.2, 0.25) is 0 Å². The number of ether oxygens (including phenoxy) is 1. The predicted molar refractivity (Wildman–Crippen MR) is 103 cm³/mol. The Balaban J connectivity index is 1.68. The maximum Gasteiger partial charge on any atom is 0.410 e. The van der Waals surface area contributed by atoms with E-state index < -0.39 is 5.60 Å². The zero-order valence-corrected chi connectivity index (χ0v) is 16.5. The maximum atomic E-state index is 13.3. The Morgan fingerprint density at radius 2 is 2.00 bits per heavy atom. The Labute approximate surface area is 157 Å². The molecule has 2 heterocycles. The fourth-order valence-corrected chi connectivity index (χ4v) is 5.55. The second kappa shape index (κ2) is 6.26. The molecule has 26 heavy (non-hydrogen) atoms. The lowest BCUT2D eigenvalue weighted by Gasteiger charge is -2.53. The van der Waals surface area contributed by atoms with Gasteiger partial charge in [-0.2, -0.15) is 0 Å². The highest BCUT2D eigenvalue weighted by molar-refractivity contribution is 5.70. The van der Waals surface area contributed by atoms with Gasteiger partial charge in [0, 0.05) is 23.5 Å². The van der Waals surface area contributed by atoms with Gasteiger partial charge in [-0.15, -0.1) is 0 Å². The fourth-order valence-electron chi connectivity index (χ4n) is 5.55. The van der Waals surface area contributed by atoms with Crippen molar-refractivity contribution in [2.75, 3.05) is 0 Å². The molecule has 2 saturated heterocycles. The third-order valence-electron chi connectivity index (χ3n) is 6.65. The second-order valence-corrected chi connectivity index (χ2v) is 9.63. The van der Waals surface area contributed by atoms with Gasteiger partial charge in [0.05, 0.1) is 6.04 Å². The zero-order chi connectivity index (χ0) is 18.5. The minimum absolute atomic E-state index is 0.135. The predicted octanol–water partition coefficient (Wildman–Crippen LogP) is 4.14. The van der Waals surface area contributed by atoms with E-state index in [0.717, 1.165) is 12.8 Å². The lowest BCUT2D eigenvalue weighted by molar-refractivity contribution is -0.0448. The van der Waals surface area contributed by atoms with Crippen molar-refractivity contribution >= 4 is 6.09 Å². The van der Waals surface area contributed by atoms with Crippen molar-refractivity contribution in [3.8, 4) is 0 Å². The summed E-state index contributed by atoms with van der Waals surface area (Å²) in [5.74, 6) is 0. The van der Waals surface area contributed by atoms with Crippen molar-refractivity contribution in [3.05, 3.63) is 35.9 Å². The molecule has 1 aromatic rings. The number of rotatable bonds is 2. The molecule has 142 valence electrons. The molecule has 3 fully saturated rings. The van der Waals surface area contributed by atoms with E-state index in [-0.39, 0.29) is 23.6 Å². The minimum Gasteiger partial charge on any atom is -0.444 e. The van der Waals surface area contributed by atoms with Gasteiger partial charge < -0.3 is 10.1 Å². The lowest BCUT2D eigenvalue weighted by atomic mass is 9.64. The Kier molecular flexibility index (Phi) is 4.30. The first-order valence-electron chi connectivity index (χ1n) is 10.1. The van der Waals surface area contributed by atoms with E-state index in [1.54, 1.807) is 0 Å². The van der Waals surface area contributed by atoms with Crippen LogP contribution in [0, 0.1) is 5.41 Å². The molecule has 1 aliphatic carbocycles. The summed E-state index contributed by atoms with van der Waals surface area (Å²) in [6.45, 7) is 8.25. The number of amides is 1. The van der Waals surface area contributed by atoms with Gasteiger partial charge in [-0.05, 0) is 58.4 Å². The average molecular weight is 357 g/mol. The number of fused-ring (bicyclic) bond motifs is 1. The van der Waals surface area contributed by atoms with Gasteiger partial charge >= 0.3 is 6.09 Å². The van der Waals surface area contributed by atoms with Gasteiger partial charge in [-0.25, -0.2) is 4.79 Å². The van der Waals surface area contributed by atoms with Crippen LogP contribution in [-0.4, -0.2) is 40.8 Å². The monoisotopic (exact) mass is 356 g/mol. The molecule has 1 amide bonds. The fraction of sp³-hybridized carbons (Fsp3) is 0.682. The molecule has 3 aliphatic rings. The van der Waals surface area contributed by atoms with Crippen molar-refractivity contribution in [3.63, 3.8) is 0 Å². The Bertz CT molecular complexity index is 668. The highest BCUT2D eigenvalue weighted by Gasteiger charge is 2.60. The van der Waals surface area contributed by atoms with E-state index in [4.69, 9.17) is 4.74 Å². The molecule has 0 spiro atoms. The zero-order valence-electron chi connectivity index (χ0n) is 16.5. The molecule has 1 aromatic carbocycles. The summed E-state index contributed by atoms with van der Waals surface area (Å²) >= 11 is 0. The van der Waals surface area contributed by atoms with E-state index in [9.17, 15) is 4.79 Å². The first kappa shape index (κ1) is 17.8. The van der Waals surface area contributed by atoms with Crippen LogP contribution in [0.4, 0.5) is 4.79 Å². The molecule has 4 nitrogen and oxygen atoms in total. The van der Waals surface area contributed by atoms with E-state index in [0.29, 0.717) is 12.1 Å². The van der Waals surface area contributed by atoms with Gasteiger partial charge in [0.25, 0.3) is 0 Å². The molecular weight excluding hydrogens is 324 g/mol. The molecule has 0 aromatic heterocycles. The summed E-state index contributed by atoms with van der Waals surface area (Å²) in [5.41, 5.74) is 0.998. The number of nitrogens with zero attached hydrogens (tertiary/aromatic N) is 1. The third-order valence-corrected chi connectivity index (χ3v) is 6.65. The van der Waals surface area contributed by atoms with Crippen molar-refractivity contribution < 1.29 is 9.53 Å². The molecular formula is C22H32N2O2. The van der Waals surface area contributed by atoms with Crippen LogP contribution in [-0.2, 0) is 11.2 Å². The normalized spacial score (nSPS) is 36.1. The number of hydrogen-bond acceptors (Lipinski definition) is 3. The topological polar surface area (TPSA) is 41.6 Å². The van der Waals surface area contributed by atoms with Crippen LogP contribution in [0.1, 0.15) is 58.9 Å². The summed E-state index contributed by atoms with van der Waals surface area (Å²) in [4.78, 5) is 15.4. The summed E-state index contributed by atoms with van der Waals surface area (Å²) in [6, 6.07) is 11.9. The third kappa shape index (κ3) is 3.02. The summed E-state index contributed by atoms with van der Waals surface area (Å²) in [5, 5.41) is 3.89. The number of hydrogen-bond donors (Lipinski definition) is 1. The highest BCUT2D eigenvalue weighted by atomic mass is 16.6. The van der Waals surface area contributed by atoms with Gasteiger partial charge in [0.1, 0.15) is 5.60 Å². The SMILES string of the molecule is CC(C)(C)OC(=O)N1[C@H](Cc2ccccc2)[C@@H]2C[C@@]3(C)[C@H](CCC[C@@H]13)N2. The van der Waals surface area contributed by atoms with Gasteiger partial charge in [-0.1, -0.05) is 37.3 Å². The first-order valence-corrected chi connectivity index (χ1v) is 10.1. The van der Waals surface area contributed by atoms with Crippen LogP contribution < -0.4 is 5.32 Å². The lowest BCUT2D eigenvalue weighted by Crippen LogP contribution is -2.63. The number of carbonyl (C=O) groups is 1. The smallest absolute Gasteiger partial charge is 0.410 e. The Hall–Kier alpha value is -1.55. The Morgan fingerprint density at radius 1 is 1.27 bits per heavy atom. The molecule has 0 radical (unpaired) electrons. The van der Waals surface area contributed by atoms with Crippen LogP contribution in [0.15, 0.2) is 30.3 Å². The molecule has 5 atom stereocenters. The standard InChI is InChI=1S/C22H32N2O2/c1-21(2,3)26-20(25)24-17(13-15-9-6-5-7-10-15)16-14-22(4)18(23-16)11-8-12-19(22)24/h5-7,9-10,16-19,23H,8,11-14H2,1-4H3/t16-,17+,18-,19+,22-/m0/s1. The van der Waals surface area contributed by atoms with Crippen LogP contribution in [0.5, 0.6) is 0 Å². The van der Waals surface area contributed by atoms with Crippen molar-refractivity contribution in [2.45, 2.75) is 89.6 Å². The number of carbonyl (C=O) groups excluding carboxylic acids is 1. The summed E-state index contributed by atoms with van der Waals surface area (Å²) in [6.07, 6.45) is 5.41. The maximum absolute atomic E-state index is 13.3. The molecule has 4 heteroatoms. The number of nitrogens with one attached hydrogen (secondary N) is 1. The summed E-state index contributed by atoms with van der Waals surface area (Å²) in [7, 11) is 0. The molecule has 4 rings (SSSR count). The molecule has 0 unspecified atom stereocenters. The molecule has 1 saturated carbocycles. The minimum atomic E-state index is -0.465. The van der Waals surface area contributed by atoms with E-state index in [1.165, 1.54) is 24.8 Å². The van der Waals surface area contributed by atoms with Crippen LogP contribution in [0.2, 0.25) is 0 Å². The first-order chi connectivity index (χ1) is 12.3. The van der Waals surface area contributed by atoms with Gasteiger partial charge in [-0.3, -0.25) is 4.90 Å². The highest BCUT2D eigenvalue weighted by Crippen LogP contribution is 2.52. The number of likely N-dealkylation sites (tertiary alicyclic amines) is 1.